The van der Waals surface area contributed by atoms with Gasteiger partial charge in [-0.1, -0.05) is 32.1 Å². The van der Waals surface area contributed by atoms with Gasteiger partial charge < -0.3 is 20.9 Å². The number of carbonyl (C=O) groups excluding carboxylic acids is 2. The van der Waals surface area contributed by atoms with Gasteiger partial charge >= 0.3 is 6.03 Å². The molecule has 4 rings (SSSR count). The van der Waals surface area contributed by atoms with Gasteiger partial charge in [-0.25, -0.2) is 4.79 Å². The van der Waals surface area contributed by atoms with E-state index in [1.165, 1.54) is 44.9 Å². The van der Waals surface area contributed by atoms with Gasteiger partial charge in [0.2, 0.25) is 5.91 Å². The summed E-state index contributed by atoms with van der Waals surface area (Å²) in [5.41, 5.74) is 0. The number of rotatable bonds is 3. The summed E-state index contributed by atoms with van der Waals surface area (Å²) in [4.78, 5) is 27.2. The van der Waals surface area contributed by atoms with Gasteiger partial charge in [-0.2, -0.15) is 0 Å². The zero-order chi connectivity index (χ0) is 18.6. The summed E-state index contributed by atoms with van der Waals surface area (Å²) in [5, 5.41) is 9.87. The molecular formula is C21H37ClN4O2. The topological polar surface area (TPSA) is 73.5 Å². The Bertz CT molecular complexity index is 518. The maximum Gasteiger partial charge on any atom is 0.315 e. The summed E-state index contributed by atoms with van der Waals surface area (Å²) in [6.07, 6.45) is 13.8. The first kappa shape index (κ1) is 21.7. The van der Waals surface area contributed by atoms with Gasteiger partial charge in [-0.15, -0.1) is 12.4 Å². The Kier molecular flexibility index (Phi) is 7.86. The van der Waals surface area contributed by atoms with Crippen LogP contribution in [0.2, 0.25) is 0 Å². The van der Waals surface area contributed by atoms with Crippen molar-refractivity contribution in [2.24, 2.45) is 5.92 Å². The molecule has 0 spiro atoms. The fourth-order valence-corrected chi connectivity index (χ4v) is 5.63. The van der Waals surface area contributed by atoms with E-state index < -0.39 is 0 Å². The molecule has 0 aromatic carbocycles. The Hall–Kier alpha value is -1.01. The molecule has 2 saturated carbocycles. The molecule has 4 fully saturated rings. The molecule has 7 heteroatoms. The summed E-state index contributed by atoms with van der Waals surface area (Å²) in [6.45, 7) is 1.53. The highest BCUT2D eigenvalue weighted by Crippen LogP contribution is 2.34. The lowest BCUT2D eigenvalue weighted by atomic mass is 9.85. The molecule has 28 heavy (non-hydrogen) atoms. The van der Waals surface area contributed by atoms with Gasteiger partial charge in [0.25, 0.3) is 0 Å². The molecule has 4 aliphatic rings. The Morgan fingerprint density at radius 3 is 2.07 bits per heavy atom. The quantitative estimate of drug-likeness (QED) is 0.667. The molecule has 2 saturated heterocycles. The molecule has 2 aliphatic carbocycles. The van der Waals surface area contributed by atoms with Crippen LogP contribution in [0.25, 0.3) is 0 Å². The number of carbonyl (C=O) groups is 2. The van der Waals surface area contributed by atoms with Gasteiger partial charge in [0, 0.05) is 31.2 Å². The lowest BCUT2D eigenvalue weighted by Gasteiger charge is -2.34. The minimum absolute atomic E-state index is 0. The van der Waals surface area contributed by atoms with E-state index in [0.29, 0.717) is 18.0 Å². The first-order chi connectivity index (χ1) is 13.2. The maximum absolute atomic E-state index is 12.9. The van der Waals surface area contributed by atoms with Crippen molar-refractivity contribution in [3.05, 3.63) is 0 Å². The van der Waals surface area contributed by atoms with Crippen LogP contribution in [0.5, 0.6) is 0 Å². The van der Waals surface area contributed by atoms with Crippen LogP contribution >= 0.6 is 12.4 Å². The van der Waals surface area contributed by atoms with Gasteiger partial charge in [0.05, 0.1) is 6.04 Å². The Morgan fingerprint density at radius 2 is 1.39 bits per heavy atom. The highest BCUT2D eigenvalue weighted by molar-refractivity contribution is 5.85. The van der Waals surface area contributed by atoms with E-state index in [-0.39, 0.29) is 36.4 Å². The summed E-state index contributed by atoms with van der Waals surface area (Å²) in [5.74, 6) is 0.991. The predicted octanol–water partition coefficient (Wildman–Crippen LogP) is 2.95. The van der Waals surface area contributed by atoms with Crippen LogP contribution in [0.1, 0.15) is 77.0 Å². The molecule has 0 bridgehead atoms. The van der Waals surface area contributed by atoms with Crippen LogP contribution in [0.4, 0.5) is 4.79 Å². The number of likely N-dealkylation sites (tertiary alicyclic amines) is 1. The molecule has 3 atom stereocenters. The third kappa shape index (κ3) is 5.32. The molecule has 0 aromatic rings. The highest BCUT2D eigenvalue weighted by Gasteiger charge is 2.40. The van der Waals surface area contributed by atoms with Gasteiger partial charge in [0.15, 0.2) is 0 Å². The molecule has 6 nitrogen and oxygen atoms in total. The first-order valence-electron chi connectivity index (χ1n) is 11.3. The number of amides is 3. The number of fused-ring (bicyclic) bond motifs is 1. The van der Waals surface area contributed by atoms with Crippen molar-refractivity contribution in [3.8, 4) is 0 Å². The second-order valence-electron chi connectivity index (χ2n) is 9.16. The molecular weight excluding hydrogens is 376 g/mol. The van der Waals surface area contributed by atoms with Gasteiger partial charge in [-0.05, 0) is 50.9 Å². The van der Waals surface area contributed by atoms with Crippen molar-refractivity contribution in [2.75, 3.05) is 13.1 Å². The van der Waals surface area contributed by atoms with Crippen LogP contribution in [-0.2, 0) is 4.79 Å². The smallest absolute Gasteiger partial charge is 0.315 e. The molecule has 2 aliphatic heterocycles. The van der Waals surface area contributed by atoms with E-state index >= 15 is 0 Å². The average molecular weight is 413 g/mol. The third-order valence-electron chi connectivity index (χ3n) is 7.24. The summed E-state index contributed by atoms with van der Waals surface area (Å²) in [7, 11) is 0. The van der Waals surface area contributed by atoms with Crippen LogP contribution in [0.3, 0.4) is 0 Å². The average Bonchev–Trinajstić information content (AvgIpc) is 3.13. The van der Waals surface area contributed by atoms with Gasteiger partial charge in [0.1, 0.15) is 0 Å². The number of hydrogen-bond donors (Lipinski definition) is 3. The Labute approximate surface area is 175 Å². The molecule has 3 N–H and O–H groups in total. The fourth-order valence-electron chi connectivity index (χ4n) is 5.63. The fraction of sp³-hybridized carbons (Fsp3) is 0.905. The predicted molar refractivity (Wildman–Crippen MR) is 113 cm³/mol. The number of nitrogens with one attached hydrogen (secondary N) is 3. The molecule has 160 valence electrons. The van der Waals surface area contributed by atoms with Crippen molar-refractivity contribution in [3.63, 3.8) is 0 Å². The summed E-state index contributed by atoms with van der Waals surface area (Å²) < 4.78 is 0. The second kappa shape index (κ2) is 10.1. The minimum Gasteiger partial charge on any atom is -0.341 e. The maximum atomic E-state index is 12.9. The largest absolute Gasteiger partial charge is 0.341 e. The number of urea groups is 1. The van der Waals surface area contributed by atoms with E-state index in [1.54, 1.807) is 0 Å². The number of nitrogens with zero attached hydrogens (tertiary/aromatic N) is 1. The van der Waals surface area contributed by atoms with E-state index in [9.17, 15) is 9.59 Å². The molecule has 3 unspecified atom stereocenters. The first-order valence-corrected chi connectivity index (χ1v) is 11.3. The standard InChI is InChI=1S/C21H36N4O2.ClH/c26-20(19-14-15-6-4-5-9-18(15)24-19)25-12-10-17(11-13-25)23-21(27)22-16-7-2-1-3-8-16;/h15-19,24H,1-14H2,(H2,22,23,27);1H. The zero-order valence-electron chi connectivity index (χ0n) is 17.0. The van der Waals surface area contributed by atoms with E-state index in [1.807, 2.05) is 4.90 Å². The van der Waals surface area contributed by atoms with E-state index in [4.69, 9.17) is 0 Å². The summed E-state index contributed by atoms with van der Waals surface area (Å²) in [6, 6.07) is 1.11. The van der Waals surface area contributed by atoms with Crippen molar-refractivity contribution in [1.29, 1.82) is 0 Å². The SMILES string of the molecule is Cl.O=C(NC1CCCCC1)NC1CCN(C(=O)C2CC3CCCCC3N2)CC1. The molecule has 3 amide bonds. The highest BCUT2D eigenvalue weighted by atomic mass is 35.5. The number of halogens is 1. The van der Waals surface area contributed by atoms with Crippen LogP contribution in [0.15, 0.2) is 0 Å². The Balaban J connectivity index is 0.00000225. The zero-order valence-corrected chi connectivity index (χ0v) is 17.8. The van der Waals surface area contributed by atoms with Crippen molar-refractivity contribution >= 4 is 24.3 Å². The summed E-state index contributed by atoms with van der Waals surface area (Å²) >= 11 is 0. The van der Waals surface area contributed by atoms with Crippen molar-refractivity contribution in [1.82, 2.24) is 20.9 Å². The normalized spacial score (nSPS) is 31.6. The lowest BCUT2D eigenvalue weighted by molar-refractivity contribution is -0.134. The second-order valence-corrected chi connectivity index (χ2v) is 9.16. The van der Waals surface area contributed by atoms with Crippen molar-refractivity contribution in [2.45, 2.75) is 101 Å². The van der Waals surface area contributed by atoms with Crippen LogP contribution < -0.4 is 16.0 Å². The van der Waals surface area contributed by atoms with E-state index in [0.717, 1.165) is 45.2 Å². The molecule has 0 aromatic heterocycles. The van der Waals surface area contributed by atoms with Gasteiger partial charge in [-0.3, -0.25) is 4.79 Å². The molecule has 2 heterocycles. The molecule has 0 radical (unpaired) electrons. The number of piperidine rings is 1. The Morgan fingerprint density at radius 1 is 0.786 bits per heavy atom. The van der Waals surface area contributed by atoms with Crippen molar-refractivity contribution < 1.29 is 9.59 Å². The third-order valence-corrected chi connectivity index (χ3v) is 7.24. The number of hydrogen-bond acceptors (Lipinski definition) is 3. The monoisotopic (exact) mass is 412 g/mol. The van der Waals surface area contributed by atoms with Crippen LogP contribution in [-0.4, -0.2) is 54.1 Å². The minimum atomic E-state index is -0.0202. The lowest BCUT2D eigenvalue weighted by Crippen LogP contribution is -2.53. The van der Waals surface area contributed by atoms with Crippen LogP contribution in [0, 0.1) is 5.92 Å². The van der Waals surface area contributed by atoms with E-state index in [2.05, 4.69) is 16.0 Å².